The van der Waals surface area contributed by atoms with Crippen LogP contribution in [0.4, 0.5) is 0 Å². The van der Waals surface area contributed by atoms with Gasteiger partial charge in [0.2, 0.25) is 0 Å². The van der Waals surface area contributed by atoms with Gasteiger partial charge in [0.25, 0.3) is 0 Å². The average molecular weight is 395 g/mol. The Labute approximate surface area is 171 Å². The van der Waals surface area contributed by atoms with Crippen molar-refractivity contribution >= 4 is 21.7 Å². The molecule has 3 aromatic rings. The lowest BCUT2D eigenvalue weighted by molar-refractivity contribution is 0.221. The Bertz CT molecular complexity index is 1020. The van der Waals surface area contributed by atoms with Crippen molar-refractivity contribution in [2.75, 3.05) is 33.4 Å². The minimum absolute atomic E-state index is 0.360. The van der Waals surface area contributed by atoms with Crippen molar-refractivity contribution < 1.29 is 13.9 Å². The second-order valence-corrected chi connectivity index (χ2v) is 7.77. The molecule has 4 rings (SSSR count). The SMILES string of the molecule is COc1ccc2c(c1)c(=O)oc1cc(OCCCCCN3CCCCC3)ccc12. The molecule has 0 radical (unpaired) electrons. The molecule has 0 spiro atoms. The van der Waals surface area contributed by atoms with Gasteiger partial charge in [-0.2, -0.15) is 0 Å². The van der Waals surface area contributed by atoms with Gasteiger partial charge in [-0.3, -0.25) is 0 Å². The molecule has 1 saturated heterocycles. The minimum atomic E-state index is -0.360. The molecule has 5 nitrogen and oxygen atoms in total. The van der Waals surface area contributed by atoms with Gasteiger partial charge in [0.15, 0.2) is 0 Å². The number of hydrogen-bond acceptors (Lipinski definition) is 5. The van der Waals surface area contributed by atoms with Crippen LogP contribution in [0.2, 0.25) is 0 Å². The van der Waals surface area contributed by atoms with Crippen LogP contribution in [0, 0.1) is 0 Å². The first-order valence-corrected chi connectivity index (χ1v) is 10.6. The smallest absolute Gasteiger partial charge is 0.344 e. The van der Waals surface area contributed by atoms with Crippen molar-refractivity contribution in [2.45, 2.75) is 38.5 Å². The van der Waals surface area contributed by atoms with E-state index in [0.29, 0.717) is 23.3 Å². The summed E-state index contributed by atoms with van der Waals surface area (Å²) in [5.41, 5.74) is 0.191. The third-order valence-electron chi connectivity index (χ3n) is 5.73. The summed E-state index contributed by atoms with van der Waals surface area (Å²) in [6.45, 7) is 4.42. The fraction of sp³-hybridized carbons (Fsp3) is 0.458. The van der Waals surface area contributed by atoms with Crippen LogP contribution < -0.4 is 15.1 Å². The second-order valence-electron chi connectivity index (χ2n) is 7.77. The highest BCUT2D eigenvalue weighted by Crippen LogP contribution is 2.28. The van der Waals surface area contributed by atoms with Crippen LogP contribution in [0.1, 0.15) is 38.5 Å². The van der Waals surface area contributed by atoms with Crippen molar-refractivity contribution in [2.24, 2.45) is 0 Å². The Hall–Kier alpha value is -2.53. The van der Waals surface area contributed by atoms with Crippen LogP contribution in [0.3, 0.4) is 0 Å². The summed E-state index contributed by atoms with van der Waals surface area (Å²) in [4.78, 5) is 14.9. The molecule has 0 aliphatic carbocycles. The van der Waals surface area contributed by atoms with Gasteiger partial charge in [0.1, 0.15) is 17.1 Å². The molecular formula is C24H29NO4. The van der Waals surface area contributed by atoms with Crippen LogP contribution in [-0.2, 0) is 0 Å². The van der Waals surface area contributed by atoms with Crippen molar-refractivity contribution in [3.8, 4) is 11.5 Å². The predicted molar refractivity (Wildman–Crippen MR) is 116 cm³/mol. The molecule has 1 aromatic heterocycles. The number of ether oxygens (including phenoxy) is 2. The number of rotatable bonds is 8. The summed E-state index contributed by atoms with van der Waals surface area (Å²) in [5.74, 6) is 1.38. The maximum atomic E-state index is 12.4. The molecule has 0 bridgehead atoms. The number of likely N-dealkylation sites (tertiary alicyclic amines) is 1. The van der Waals surface area contributed by atoms with E-state index in [4.69, 9.17) is 13.9 Å². The van der Waals surface area contributed by atoms with Gasteiger partial charge in [0.05, 0.1) is 19.1 Å². The van der Waals surface area contributed by atoms with Crippen LogP contribution in [-0.4, -0.2) is 38.3 Å². The quantitative estimate of drug-likeness (QED) is 0.306. The highest BCUT2D eigenvalue weighted by molar-refractivity contribution is 6.04. The summed E-state index contributed by atoms with van der Waals surface area (Å²) in [6, 6.07) is 11.2. The predicted octanol–water partition coefficient (Wildman–Crippen LogP) is 4.99. The van der Waals surface area contributed by atoms with Crippen LogP contribution >= 0.6 is 0 Å². The van der Waals surface area contributed by atoms with E-state index < -0.39 is 0 Å². The minimum Gasteiger partial charge on any atom is -0.497 e. The average Bonchev–Trinajstić information content (AvgIpc) is 2.76. The number of fused-ring (bicyclic) bond motifs is 3. The van der Waals surface area contributed by atoms with Gasteiger partial charge in [-0.1, -0.05) is 6.42 Å². The van der Waals surface area contributed by atoms with Crippen LogP contribution in [0.5, 0.6) is 11.5 Å². The van der Waals surface area contributed by atoms with Gasteiger partial charge in [-0.05, 0) is 82.1 Å². The maximum absolute atomic E-state index is 12.4. The number of hydrogen-bond donors (Lipinski definition) is 0. The van der Waals surface area contributed by atoms with E-state index in [1.165, 1.54) is 51.7 Å². The molecule has 0 atom stereocenters. The Balaban J connectivity index is 1.35. The van der Waals surface area contributed by atoms with Crippen LogP contribution in [0.25, 0.3) is 21.7 Å². The Kier molecular flexibility index (Phi) is 6.35. The topological polar surface area (TPSA) is 51.9 Å². The zero-order chi connectivity index (χ0) is 20.1. The maximum Gasteiger partial charge on any atom is 0.344 e. The fourth-order valence-corrected chi connectivity index (χ4v) is 4.10. The molecule has 1 fully saturated rings. The number of unbranched alkanes of at least 4 members (excludes halogenated alkanes) is 2. The lowest BCUT2D eigenvalue weighted by atomic mass is 10.1. The molecule has 29 heavy (non-hydrogen) atoms. The molecular weight excluding hydrogens is 366 g/mol. The number of piperidine rings is 1. The first kappa shape index (κ1) is 19.8. The highest BCUT2D eigenvalue weighted by atomic mass is 16.5. The van der Waals surface area contributed by atoms with Gasteiger partial charge >= 0.3 is 5.63 Å². The molecule has 0 N–H and O–H groups in total. The Morgan fingerprint density at radius 1 is 0.897 bits per heavy atom. The number of nitrogens with zero attached hydrogens (tertiary/aromatic N) is 1. The van der Waals surface area contributed by atoms with E-state index in [9.17, 15) is 4.79 Å². The monoisotopic (exact) mass is 395 g/mol. The van der Waals surface area contributed by atoms with E-state index in [0.717, 1.165) is 22.9 Å². The third kappa shape index (κ3) is 4.73. The van der Waals surface area contributed by atoms with Crippen molar-refractivity contribution in [3.63, 3.8) is 0 Å². The zero-order valence-electron chi connectivity index (χ0n) is 17.1. The zero-order valence-corrected chi connectivity index (χ0v) is 17.1. The van der Waals surface area contributed by atoms with E-state index in [1.807, 2.05) is 30.3 Å². The van der Waals surface area contributed by atoms with Crippen LogP contribution in [0.15, 0.2) is 45.6 Å². The van der Waals surface area contributed by atoms with Gasteiger partial charge in [0, 0.05) is 16.8 Å². The number of benzene rings is 2. The number of methoxy groups -OCH3 is 1. The Morgan fingerprint density at radius 3 is 2.52 bits per heavy atom. The molecule has 154 valence electrons. The Morgan fingerprint density at radius 2 is 1.69 bits per heavy atom. The molecule has 0 amide bonds. The summed E-state index contributed by atoms with van der Waals surface area (Å²) >= 11 is 0. The molecule has 5 heteroatoms. The largest absolute Gasteiger partial charge is 0.497 e. The summed E-state index contributed by atoms with van der Waals surface area (Å²) in [6.07, 6.45) is 7.53. The van der Waals surface area contributed by atoms with Gasteiger partial charge < -0.3 is 18.8 Å². The van der Waals surface area contributed by atoms with E-state index in [-0.39, 0.29) is 5.63 Å². The molecule has 2 heterocycles. The lowest BCUT2D eigenvalue weighted by Gasteiger charge is -2.26. The van der Waals surface area contributed by atoms with Crippen molar-refractivity contribution in [1.82, 2.24) is 4.90 Å². The van der Waals surface area contributed by atoms with Crippen molar-refractivity contribution in [3.05, 3.63) is 46.8 Å². The van der Waals surface area contributed by atoms with E-state index >= 15 is 0 Å². The van der Waals surface area contributed by atoms with Gasteiger partial charge in [-0.15, -0.1) is 0 Å². The van der Waals surface area contributed by atoms with E-state index in [1.54, 1.807) is 13.2 Å². The molecule has 0 saturated carbocycles. The molecule has 2 aromatic carbocycles. The summed E-state index contributed by atoms with van der Waals surface area (Å²) in [7, 11) is 1.58. The highest BCUT2D eigenvalue weighted by Gasteiger charge is 2.10. The first-order valence-electron chi connectivity index (χ1n) is 10.6. The first-order chi connectivity index (χ1) is 14.2. The van der Waals surface area contributed by atoms with Crippen molar-refractivity contribution in [1.29, 1.82) is 0 Å². The van der Waals surface area contributed by atoms with Gasteiger partial charge in [-0.25, -0.2) is 4.79 Å². The second kappa shape index (κ2) is 9.31. The normalized spacial score (nSPS) is 15.1. The van der Waals surface area contributed by atoms with E-state index in [2.05, 4.69) is 4.90 Å². The third-order valence-corrected chi connectivity index (χ3v) is 5.73. The molecule has 1 aliphatic rings. The summed E-state index contributed by atoms with van der Waals surface area (Å²) in [5, 5.41) is 2.29. The summed E-state index contributed by atoms with van der Waals surface area (Å²) < 4.78 is 16.6. The standard InChI is InChI=1S/C24H29NO4/c1-27-18-8-10-20-21-11-9-19(17-23(21)29-24(26)22(20)16-18)28-15-7-3-6-14-25-12-4-2-5-13-25/h8-11,16-17H,2-7,12-15H2,1H3. The fourth-order valence-electron chi connectivity index (χ4n) is 4.10. The lowest BCUT2D eigenvalue weighted by Crippen LogP contribution is -2.30. The molecule has 0 unspecified atom stereocenters. The molecule has 1 aliphatic heterocycles.